The van der Waals surface area contributed by atoms with Gasteiger partial charge in [-0.05, 0) is 36.8 Å². The van der Waals surface area contributed by atoms with E-state index in [9.17, 15) is 4.79 Å². The number of amides is 1. The van der Waals surface area contributed by atoms with Crippen molar-refractivity contribution in [1.82, 2.24) is 20.1 Å². The molecule has 0 radical (unpaired) electrons. The molecule has 3 N–H and O–H groups in total. The van der Waals surface area contributed by atoms with Gasteiger partial charge >= 0.3 is 0 Å². The van der Waals surface area contributed by atoms with Crippen molar-refractivity contribution in [2.24, 2.45) is 11.1 Å². The molecular weight excluding hydrogens is 314 g/mol. The van der Waals surface area contributed by atoms with E-state index >= 15 is 0 Å². The third-order valence-electron chi connectivity index (χ3n) is 5.46. The van der Waals surface area contributed by atoms with Gasteiger partial charge in [0.25, 0.3) is 5.91 Å². The molecule has 2 fully saturated rings. The average molecular weight is 339 g/mol. The smallest absolute Gasteiger partial charge is 0.253 e. The number of nitrogens with one attached hydrogen (secondary N) is 1. The standard InChI is InChI=1S/C19H25N5O/c1-19(2)11-24(10-9-15(19)20)18(25)14-7-5-13(6-8-14)17-21-16(22-23-17)12-3-4-12/h5-8,12,15H,3-4,9-11,20H2,1-2H3,(H,21,22,23). The maximum Gasteiger partial charge on any atom is 0.253 e. The first-order valence-electron chi connectivity index (χ1n) is 9.01. The number of carbonyl (C=O) groups is 1. The van der Waals surface area contributed by atoms with Gasteiger partial charge < -0.3 is 10.6 Å². The largest absolute Gasteiger partial charge is 0.338 e. The van der Waals surface area contributed by atoms with E-state index < -0.39 is 0 Å². The van der Waals surface area contributed by atoms with Crippen molar-refractivity contribution in [1.29, 1.82) is 0 Å². The molecule has 1 unspecified atom stereocenters. The van der Waals surface area contributed by atoms with E-state index in [1.165, 1.54) is 12.8 Å². The molecule has 2 aliphatic rings. The van der Waals surface area contributed by atoms with E-state index in [1.807, 2.05) is 29.2 Å². The lowest BCUT2D eigenvalue weighted by Crippen LogP contribution is -2.53. The molecule has 132 valence electrons. The fourth-order valence-corrected chi connectivity index (χ4v) is 3.43. The van der Waals surface area contributed by atoms with Gasteiger partial charge in [-0.25, -0.2) is 4.98 Å². The quantitative estimate of drug-likeness (QED) is 0.899. The van der Waals surface area contributed by atoms with Crippen LogP contribution in [-0.4, -0.2) is 45.1 Å². The second-order valence-corrected chi connectivity index (χ2v) is 8.01. The van der Waals surface area contributed by atoms with Crippen LogP contribution in [0.15, 0.2) is 24.3 Å². The Bertz CT molecular complexity index is 775. The zero-order valence-electron chi connectivity index (χ0n) is 14.8. The van der Waals surface area contributed by atoms with Crippen LogP contribution in [0.3, 0.4) is 0 Å². The number of aromatic nitrogens is 3. The van der Waals surface area contributed by atoms with Gasteiger partial charge in [-0.15, -0.1) is 0 Å². The molecule has 2 aromatic rings. The normalized spacial score (nSPS) is 22.8. The molecule has 25 heavy (non-hydrogen) atoms. The molecule has 0 spiro atoms. The Hall–Kier alpha value is -2.21. The molecule has 1 aliphatic carbocycles. The fourth-order valence-electron chi connectivity index (χ4n) is 3.43. The summed E-state index contributed by atoms with van der Waals surface area (Å²) in [7, 11) is 0. The molecule has 2 heterocycles. The second kappa shape index (κ2) is 5.95. The molecule has 1 amide bonds. The van der Waals surface area contributed by atoms with E-state index in [0.717, 1.165) is 24.4 Å². The van der Waals surface area contributed by atoms with Crippen molar-refractivity contribution in [2.75, 3.05) is 13.1 Å². The van der Waals surface area contributed by atoms with E-state index in [-0.39, 0.29) is 17.4 Å². The highest BCUT2D eigenvalue weighted by molar-refractivity contribution is 5.94. The Morgan fingerprint density at radius 2 is 1.96 bits per heavy atom. The number of aromatic amines is 1. The van der Waals surface area contributed by atoms with Gasteiger partial charge in [0, 0.05) is 36.2 Å². The minimum Gasteiger partial charge on any atom is -0.338 e. The predicted octanol–water partition coefficient (Wildman–Crippen LogP) is 2.55. The maximum absolute atomic E-state index is 12.8. The third-order valence-corrected chi connectivity index (χ3v) is 5.46. The summed E-state index contributed by atoms with van der Waals surface area (Å²) in [5.74, 6) is 2.30. The van der Waals surface area contributed by atoms with E-state index in [1.54, 1.807) is 0 Å². The van der Waals surface area contributed by atoms with Gasteiger partial charge in [-0.2, -0.15) is 5.10 Å². The molecule has 1 aliphatic heterocycles. The molecule has 6 nitrogen and oxygen atoms in total. The topological polar surface area (TPSA) is 87.9 Å². The van der Waals surface area contributed by atoms with Crippen LogP contribution in [0, 0.1) is 5.41 Å². The first-order valence-corrected chi connectivity index (χ1v) is 9.01. The van der Waals surface area contributed by atoms with Crippen molar-refractivity contribution >= 4 is 5.91 Å². The Morgan fingerprint density at radius 3 is 2.60 bits per heavy atom. The second-order valence-electron chi connectivity index (χ2n) is 8.01. The van der Waals surface area contributed by atoms with Crippen LogP contribution in [0.2, 0.25) is 0 Å². The first kappa shape index (κ1) is 16.3. The minimum atomic E-state index is -0.0496. The van der Waals surface area contributed by atoms with Crippen LogP contribution in [0.5, 0.6) is 0 Å². The number of likely N-dealkylation sites (tertiary alicyclic amines) is 1. The highest BCUT2D eigenvalue weighted by Gasteiger charge is 2.35. The van der Waals surface area contributed by atoms with Gasteiger partial charge in [0.05, 0.1) is 0 Å². The highest BCUT2D eigenvalue weighted by atomic mass is 16.2. The molecule has 1 atom stereocenters. The lowest BCUT2D eigenvalue weighted by Gasteiger charge is -2.42. The third kappa shape index (κ3) is 3.18. The summed E-state index contributed by atoms with van der Waals surface area (Å²) in [4.78, 5) is 19.3. The molecule has 1 saturated carbocycles. The van der Waals surface area contributed by atoms with Crippen LogP contribution in [0.25, 0.3) is 11.4 Å². The summed E-state index contributed by atoms with van der Waals surface area (Å²) in [5, 5.41) is 7.31. The van der Waals surface area contributed by atoms with Crippen LogP contribution in [-0.2, 0) is 0 Å². The van der Waals surface area contributed by atoms with E-state index in [2.05, 4.69) is 29.0 Å². The SMILES string of the molecule is CC1(C)CN(C(=O)c2ccc(-c3n[nH]c(C4CC4)n3)cc2)CCC1N. The van der Waals surface area contributed by atoms with Gasteiger partial charge in [0.15, 0.2) is 5.82 Å². The summed E-state index contributed by atoms with van der Waals surface area (Å²) < 4.78 is 0. The molecule has 1 saturated heterocycles. The van der Waals surface area contributed by atoms with Crippen molar-refractivity contribution in [2.45, 2.75) is 45.1 Å². The lowest BCUT2D eigenvalue weighted by atomic mass is 9.79. The van der Waals surface area contributed by atoms with Gasteiger partial charge in [-0.3, -0.25) is 9.89 Å². The monoisotopic (exact) mass is 339 g/mol. The van der Waals surface area contributed by atoms with Gasteiger partial charge in [-0.1, -0.05) is 26.0 Å². The fraction of sp³-hybridized carbons (Fsp3) is 0.526. The zero-order valence-corrected chi connectivity index (χ0v) is 14.8. The Kier molecular flexibility index (Phi) is 3.87. The van der Waals surface area contributed by atoms with E-state index in [4.69, 9.17) is 5.73 Å². The summed E-state index contributed by atoms with van der Waals surface area (Å²) in [6.45, 7) is 5.67. The molecule has 6 heteroatoms. The summed E-state index contributed by atoms with van der Waals surface area (Å²) in [5.41, 5.74) is 7.75. The molecule has 0 bridgehead atoms. The maximum atomic E-state index is 12.8. The van der Waals surface area contributed by atoms with E-state index in [0.29, 0.717) is 23.9 Å². The number of nitrogens with two attached hydrogens (primary N) is 1. The van der Waals surface area contributed by atoms with Crippen LogP contribution in [0.1, 0.15) is 55.2 Å². The average Bonchev–Trinajstić information content (AvgIpc) is 3.34. The van der Waals surface area contributed by atoms with Gasteiger partial charge in [0.2, 0.25) is 0 Å². The Labute approximate surface area is 147 Å². The molecule has 1 aromatic heterocycles. The van der Waals surface area contributed by atoms with Crippen molar-refractivity contribution in [3.8, 4) is 11.4 Å². The Balaban J connectivity index is 1.48. The summed E-state index contributed by atoms with van der Waals surface area (Å²) in [6, 6.07) is 7.73. The zero-order chi connectivity index (χ0) is 17.6. The first-order chi connectivity index (χ1) is 11.9. The van der Waals surface area contributed by atoms with Crippen LogP contribution >= 0.6 is 0 Å². The number of rotatable bonds is 3. The predicted molar refractivity (Wildman–Crippen MR) is 96.1 cm³/mol. The number of nitrogens with zero attached hydrogens (tertiary/aromatic N) is 3. The van der Waals surface area contributed by atoms with Gasteiger partial charge in [0.1, 0.15) is 5.82 Å². The number of hydrogen-bond donors (Lipinski definition) is 2. The molecule has 4 rings (SSSR count). The minimum absolute atomic E-state index is 0.0496. The number of carbonyl (C=O) groups excluding carboxylic acids is 1. The van der Waals surface area contributed by atoms with Crippen molar-refractivity contribution < 1.29 is 4.79 Å². The molecular formula is C19H25N5O. The molecule has 1 aromatic carbocycles. The highest BCUT2D eigenvalue weighted by Crippen LogP contribution is 2.38. The number of H-pyrrole nitrogens is 1. The lowest BCUT2D eigenvalue weighted by molar-refractivity contribution is 0.0533. The summed E-state index contributed by atoms with van der Waals surface area (Å²) >= 11 is 0. The Morgan fingerprint density at radius 1 is 1.24 bits per heavy atom. The number of benzene rings is 1. The number of hydrogen-bond acceptors (Lipinski definition) is 4. The van der Waals surface area contributed by atoms with Crippen molar-refractivity contribution in [3.05, 3.63) is 35.7 Å². The van der Waals surface area contributed by atoms with Crippen LogP contribution in [0.4, 0.5) is 0 Å². The number of piperidine rings is 1. The van der Waals surface area contributed by atoms with Crippen molar-refractivity contribution in [3.63, 3.8) is 0 Å². The van der Waals surface area contributed by atoms with Crippen LogP contribution < -0.4 is 5.73 Å². The summed E-state index contributed by atoms with van der Waals surface area (Å²) in [6.07, 6.45) is 3.23.